The molecule has 1 unspecified atom stereocenters. The van der Waals surface area contributed by atoms with Crippen LogP contribution in [-0.4, -0.2) is 71.5 Å². The Labute approximate surface area is 359 Å². The molecule has 0 spiro atoms. The molecule has 3 aliphatic heterocycles. The molecule has 3 saturated heterocycles. The molecule has 6 N–H and O–H groups in total. The van der Waals surface area contributed by atoms with Crippen LogP contribution in [0.4, 0.5) is 4.79 Å². The van der Waals surface area contributed by atoms with Gasteiger partial charge in [0.15, 0.2) is 0 Å². The maximum atomic E-state index is 13.3. The number of rotatable bonds is 16. The monoisotopic (exact) mass is 837 g/mol. The first-order valence-electron chi connectivity index (χ1n) is 20.9. The standard InChI is InChI=1S/C49H51N5O8/c1-60-43-24-32(12-15-37(43)27-50-28-42(56)39-16-18-41(55)47-40(39)17-19-45(57)52-47)26-51-48(58)35-13-10-31(11-14-35)30-61-38-9-5-8-36(25-38)46(34-6-3-2-4-7-34)53-49(59)62-44-29-54-22-20-33(44)21-23-54/h2-19,24-25,33,42,44,46,50,55-56H,20-23,26-30H2,1H3,(H,51,58)(H,52,57)(H,53,59)/t42-,44+,46?/m1/s1. The number of carbonyl (C=O) groups is 2. The van der Waals surface area contributed by atoms with Crippen LogP contribution in [0.25, 0.3) is 10.9 Å². The Kier molecular flexibility index (Phi) is 13.1. The molecule has 9 rings (SSSR count). The zero-order valence-corrected chi connectivity index (χ0v) is 34.5. The van der Waals surface area contributed by atoms with E-state index in [1.165, 1.54) is 12.1 Å². The van der Waals surface area contributed by atoms with E-state index in [9.17, 15) is 24.6 Å². The molecule has 5 aromatic carbocycles. The maximum Gasteiger partial charge on any atom is 0.408 e. The van der Waals surface area contributed by atoms with E-state index >= 15 is 0 Å². The predicted molar refractivity (Wildman–Crippen MR) is 235 cm³/mol. The molecule has 2 amide bonds. The van der Waals surface area contributed by atoms with E-state index in [-0.39, 0.29) is 48.5 Å². The summed E-state index contributed by atoms with van der Waals surface area (Å²) in [4.78, 5) is 43.1. The molecule has 4 heterocycles. The number of aromatic nitrogens is 1. The van der Waals surface area contributed by atoms with Gasteiger partial charge in [-0.2, -0.15) is 0 Å². The number of ether oxygens (including phenoxy) is 3. The molecule has 1 aromatic heterocycles. The summed E-state index contributed by atoms with van der Waals surface area (Å²) in [5.74, 6) is 1.41. The molecule has 0 aliphatic carbocycles. The number of nitrogens with zero attached hydrogens (tertiary/aromatic N) is 1. The molecule has 0 saturated carbocycles. The Bertz CT molecular complexity index is 2560. The summed E-state index contributed by atoms with van der Waals surface area (Å²) in [6.45, 7) is 4.13. The molecular weight excluding hydrogens is 787 g/mol. The largest absolute Gasteiger partial charge is 0.506 e. The van der Waals surface area contributed by atoms with E-state index in [0.29, 0.717) is 40.5 Å². The molecular formula is C49H51N5O8. The second-order valence-corrected chi connectivity index (χ2v) is 15.9. The number of phenols is 1. The number of phenolic OH excluding ortho intramolecular Hbond substituents is 1. The third kappa shape index (κ3) is 10.1. The average Bonchev–Trinajstić information content (AvgIpc) is 3.30. The number of aromatic hydroxyl groups is 1. The maximum absolute atomic E-state index is 13.3. The van der Waals surface area contributed by atoms with Crippen LogP contribution in [0, 0.1) is 5.92 Å². The first-order chi connectivity index (χ1) is 30.2. The number of aromatic amines is 1. The number of carbonyl (C=O) groups excluding carboxylic acids is 2. The number of aliphatic hydroxyl groups excluding tert-OH is 1. The van der Waals surface area contributed by atoms with Gasteiger partial charge in [-0.15, -0.1) is 0 Å². The Morgan fingerprint density at radius 2 is 1.63 bits per heavy atom. The van der Waals surface area contributed by atoms with Crippen LogP contribution in [-0.2, 0) is 24.4 Å². The second kappa shape index (κ2) is 19.4. The van der Waals surface area contributed by atoms with Gasteiger partial charge in [0, 0.05) is 48.8 Å². The molecule has 0 radical (unpaired) electrons. The van der Waals surface area contributed by atoms with E-state index in [2.05, 4.69) is 25.8 Å². The molecule has 3 aliphatic rings. The molecule has 62 heavy (non-hydrogen) atoms. The van der Waals surface area contributed by atoms with Crippen molar-refractivity contribution in [3.05, 3.63) is 171 Å². The van der Waals surface area contributed by atoms with Gasteiger partial charge in [-0.05, 0) is 102 Å². The number of hydrogen-bond acceptors (Lipinski definition) is 10. The van der Waals surface area contributed by atoms with Gasteiger partial charge in [0.05, 0.1) is 24.8 Å². The lowest BCUT2D eigenvalue weighted by atomic mass is 9.86. The number of methoxy groups -OCH3 is 1. The molecule has 3 atom stereocenters. The van der Waals surface area contributed by atoms with E-state index in [0.717, 1.165) is 60.3 Å². The Morgan fingerprint density at radius 1 is 0.855 bits per heavy atom. The first-order valence-corrected chi connectivity index (χ1v) is 20.9. The van der Waals surface area contributed by atoms with E-state index < -0.39 is 18.2 Å². The highest BCUT2D eigenvalue weighted by Gasteiger charge is 2.37. The van der Waals surface area contributed by atoms with Crippen molar-refractivity contribution in [2.45, 2.75) is 50.8 Å². The highest BCUT2D eigenvalue weighted by molar-refractivity contribution is 5.94. The smallest absolute Gasteiger partial charge is 0.408 e. The minimum absolute atomic E-state index is 0.0655. The number of aliphatic hydroxyl groups is 1. The zero-order valence-electron chi connectivity index (χ0n) is 34.5. The zero-order chi connectivity index (χ0) is 43.0. The molecule has 320 valence electrons. The van der Waals surface area contributed by atoms with Gasteiger partial charge < -0.3 is 45.4 Å². The molecule has 13 nitrogen and oxygen atoms in total. The summed E-state index contributed by atoms with van der Waals surface area (Å²) in [6, 6.07) is 36.1. The van der Waals surface area contributed by atoms with Crippen molar-refractivity contribution in [1.82, 2.24) is 25.8 Å². The number of amides is 2. The fourth-order valence-corrected chi connectivity index (χ4v) is 8.37. The van der Waals surface area contributed by atoms with E-state index in [1.54, 1.807) is 31.4 Å². The van der Waals surface area contributed by atoms with E-state index in [1.807, 2.05) is 84.9 Å². The molecule has 6 aromatic rings. The Balaban J connectivity index is 0.822. The van der Waals surface area contributed by atoms with Crippen LogP contribution in [0.15, 0.2) is 126 Å². The van der Waals surface area contributed by atoms with Crippen LogP contribution in [0.3, 0.4) is 0 Å². The summed E-state index contributed by atoms with van der Waals surface area (Å²) < 4.78 is 17.8. The number of pyridine rings is 1. The van der Waals surface area contributed by atoms with Gasteiger partial charge >= 0.3 is 6.09 Å². The topological polar surface area (TPSA) is 174 Å². The summed E-state index contributed by atoms with van der Waals surface area (Å²) in [6.07, 6.45) is 0.710. The van der Waals surface area contributed by atoms with Gasteiger partial charge in [-0.25, -0.2) is 4.79 Å². The minimum atomic E-state index is -0.899. The van der Waals surface area contributed by atoms with Crippen molar-refractivity contribution in [1.29, 1.82) is 0 Å². The van der Waals surface area contributed by atoms with Gasteiger partial charge in [-0.3, -0.25) is 14.5 Å². The van der Waals surface area contributed by atoms with Crippen molar-refractivity contribution in [2.24, 2.45) is 5.92 Å². The van der Waals surface area contributed by atoms with Gasteiger partial charge in [0.25, 0.3) is 5.91 Å². The number of alkyl carbamates (subject to hydrolysis) is 1. The summed E-state index contributed by atoms with van der Waals surface area (Å²) in [5.41, 5.74) is 5.44. The fraction of sp³-hybridized carbons (Fsp3) is 0.286. The van der Waals surface area contributed by atoms with Crippen LogP contribution in [0.2, 0.25) is 0 Å². The van der Waals surface area contributed by atoms with Crippen molar-refractivity contribution < 1.29 is 34.0 Å². The number of hydrogen-bond donors (Lipinski definition) is 6. The van der Waals surface area contributed by atoms with Crippen LogP contribution in [0.1, 0.15) is 68.7 Å². The molecule has 13 heteroatoms. The fourth-order valence-electron chi connectivity index (χ4n) is 8.37. The molecule has 3 fully saturated rings. The average molecular weight is 838 g/mol. The number of H-pyrrole nitrogens is 1. The Morgan fingerprint density at radius 3 is 2.39 bits per heavy atom. The SMILES string of the molecule is COc1cc(CNC(=O)c2ccc(COc3cccc(C(NC(=O)O[C@H]4CN5CCC4CC5)c4ccccc4)c3)cc2)ccc1CNC[C@@H](O)c1ccc(O)c2[nH]c(=O)ccc12. The highest BCUT2D eigenvalue weighted by atomic mass is 16.6. The van der Waals surface area contributed by atoms with Crippen molar-refractivity contribution in [2.75, 3.05) is 33.3 Å². The lowest BCUT2D eigenvalue weighted by Crippen LogP contribution is -2.52. The third-order valence-electron chi connectivity index (χ3n) is 11.8. The molecule has 2 bridgehead atoms. The summed E-state index contributed by atoms with van der Waals surface area (Å²) in [7, 11) is 1.58. The summed E-state index contributed by atoms with van der Waals surface area (Å²) >= 11 is 0. The van der Waals surface area contributed by atoms with Crippen molar-refractivity contribution >= 4 is 22.9 Å². The van der Waals surface area contributed by atoms with Gasteiger partial charge in [0.2, 0.25) is 5.56 Å². The number of fused-ring (bicyclic) bond motifs is 4. The van der Waals surface area contributed by atoms with Crippen LogP contribution < -0.4 is 31.0 Å². The van der Waals surface area contributed by atoms with Crippen molar-refractivity contribution in [3.8, 4) is 17.2 Å². The first kappa shape index (κ1) is 42.0. The highest BCUT2D eigenvalue weighted by Crippen LogP contribution is 2.32. The van der Waals surface area contributed by atoms with Gasteiger partial charge in [0.1, 0.15) is 30.0 Å². The quantitative estimate of drug-likeness (QED) is 0.0633. The third-order valence-corrected chi connectivity index (χ3v) is 11.8. The normalized spacial score (nSPS) is 17.8. The lowest BCUT2D eigenvalue weighted by molar-refractivity contribution is -0.0336. The minimum Gasteiger partial charge on any atom is -0.506 e. The second-order valence-electron chi connectivity index (χ2n) is 15.9. The number of piperidine rings is 3. The Hall–Kier alpha value is -6.67. The predicted octanol–water partition coefficient (Wildman–Crippen LogP) is 6.48. The summed E-state index contributed by atoms with van der Waals surface area (Å²) in [5, 5.41) is 31.0. The van der Waals surface area contributed by atoms with Gasteiger partial charge in [-0.1, -0.05) is 72.8 Å². The number of benzene rings is 5. The lowest BCUT2D eigenvalue weighted by Gasteiger charge is -2.43. The number of nitrogens with one attached hydrogen (secondary N) is 4. The van der Waals surface area contributed by atoms with Crippen LogP contribution >= 0.6 is 0 Å². The van der Waals surface area contributed by atoms with Crippen molar-refractivity contribution in [3.63, 3.8) is 0 Å². The van der Waals surface area contributed by atoms with E-state index in [4.69, 9.17) is 14.2 Å². The van der Waals surface area contributed by atoms with Crippen LogP contribution in [0.5, 0.6) is 17.2 Å².